The molecule has 0 radical (unpaired) electrons. The number of ether oxygens (including phenoxy) is 3. The molecule has 1 spiro atoms. The van der Waals surface area contributed by atoms with Crippen LogP contribution < -0.4 is 15.5 Å². The van der Waals surface area contributed by atoms with Gasteiger partial charge in [0.15, 0.2) is 0 Å². The number of aryl methyl sites for hydroxylation is 1. The number of terminal acetylenes is 1. The van der Waals surface area contributed by atoms with Crippen molar-refractivity contribution < 1.29 is 38.2 Å². The van der Waals surface area contributed by atoms with E-state index < -0.39 is 52.3 Å². The number of carbonyl (C=O) groups is 5. The van der Waals surface area contributed by atoms with E-state index in [9.17, 15) is 24.0 Å². The summed E-state index contributed by atoms with van der Waals surface area (Å²) >= 11 is 0. The van der Waals surface area contributed by atoms with Crippen molar-refractivity contribution in [2.45, 2.75) is 130 Å². The summed E-state index contributed by atoms with van der Waals surface area (Å²) in [5.74, 6) is 6.83. The predicted molar refractivity (Wildman–Crippen MR) is 292 cm³/mol. The van der Waals surface area contributed by atoms with Crippen LogP contribution in [0.4, 0.5) is 0 Å². The Morgan fingerprint density at radius 3 is 2.50 bits per heavy atom. The molecule has 3 fully saturated rings. The summed E-state index contributed by atoms with van der Waals surface area (Å²) in [6.07, 6.45) is 9.50. The van der Waals surface area contributed by atoms with Crippen LogP contribution in [0.3, 0.4) is 0 Å². The molecule has 2 aromatic heterocycles. The van der Waals surface area contributed by atoms with Gasteiger partial charge in [0.1, 0.15) is 30.5 Å². The number of likely N-dealkylation sites (tertiary alicyclic amines) is 2. The van der Waals surface area contributed by atoms with Crippen LogP contribution in [0.1, 0.15) is 104 Å². The molecule has 16 nitrogen and oxygen atoms in total. The van der Waals surface area contributed by atoms with Crippen molar-refractivity contribution in [3.63, 3.8) is 0 Å². The van der Waals surface area contributed by atoms with Gasteiger partial charge < -0.3 is 33.9 Å². The fraction of sp³-hybridized carbons (Fsp3) is 0.533. The Hall–Kier alpha value is -6.72. The number of amides is 4. The van der Waals surface area contributed by atoms with Crippen molar-refractivity contribution >= 4 is 40.5 Å². The highest BCUT2D eigenvalue weighted by molar-refractivity contribution is 5.98. The zero-order valence-electron chi connectivity index (χ0n) is 46.3. The van der Waals surface area contributed by atoms with E-state index in [1.54, 1.807) is 23.1 Å². The first-order chi connectivity index (χ1) is 36.1. The van der Waals surface area contributed by atoms with Gasteiger partial charge in [-0.25, -0.2) is 5.43 Å². The Kier molecular flexibility index (Phi) is 16.4. The minimum atomic E-state index is -1.08. The zero-order chi connectivity index (χ0) is 54.9. The van der Waals surface area contributed by atoms with Crippen molar-refractivity contribution in [2.75, 3.05) is 60.6 Å². The molecule has 0 aliphatic carbocycles. The molecule has 5 atom stereocenters. The molecule has 16 heteroatoms. The second-order valence-corrected chi connectivity index (χ2v) is 22.9. The van der Waals surface area contributed by atoms with Crippen molar-refractivity contribution in [1.29, 1.82) is 0 Å². The number of rotatable bonds is 11. The number of hydrogen-bond donors (Lipinski definition) is 2. The number of pyridine rings is 1. The summed E-state index contributed by atoms with van der Waals surface area (Å²) in [7, 11) is 5.48. The van der Waals surface area contributed by atoms with Gasteiger partial charge in [-0.3, -0.25) is 38.9 Å². The van der Waals surface area contributed by atoms with Gasteiger partial charge in [-0.15, -0.1) is 6.42 Å². The molecule has 6 heterocycles. The molecule has 4 aromatic rings. The number of fused-ring (bicyclic) bond motifs is 6. The van der Waals surface area contributed by atoms with Crippen LogP contribution in [-0.4, -0.2) is 143 Å². The van der Waals surface area contributed by atoms with Crippen LogP contribution >= 0.6 is 0 Å². The Morgan fingerprint density at radius 1 is 1.04 bits per heavy atom. The van der Waals surface area contributed by atoms with Crippen LogP contribution in [0.15, 0.2) is 54.7 Å². The second kappa shape index (κ2) is 22.5. The highest BCUT2D eigenvalue weighted by Gasteiger charge is 2.54. The van der Waals surface area contributed by atoms with Gasteiger partial charge in [0.2, 0.25) is 11.8 Å². The van der Waals surface area contributed by atoms with E-state index >= 15 is 0 Å². The number of hydrogen-bond acceptors (Lipinski definition) is 11. The Labute approximate surface area is 448 Å². The number of methoxy groups -OCH3 is 1. The smallest absolute Gasteiger partial charge is 0.324 e. The first-order valence-corrected chi connectivity index (χ1v) is 26.8. The normalized spacial score (nSPS) is 21.8. The Balaban J connectivity index is 1.15. The van der Waals surface area contributed by atoms with E-state index in [-0.39, 0.29) is 50.0 Å². The SMILES string of the molecule is C#CCOc1cnc([C@H](C)OC)c(-c2c3c4cc(ccc4n2CC)-c2cccc(c2)C[C@H](NC(=O)[C@H](C(C)C)N2CC[C@]4(CCN(C(=O)C#CC(C)(C)N(C)C)C4)C2=O)C(=O)N2CCC[C@H](N2)C(=O)OCC(C)(C)C3)c1. The number of carbonyl (C=O) groups excluding carboxylic acids is 5. The third kappa shape index (κ3) is 11.4. The largest absolute Gasteiger partial charge is 0.479 e. The van der Waals surface area contributed by atoms with Crippen molar-refractivity contribution in [2.24, 2.45) is 16.7 Å². The van der Waals surface area contributed by atoms with E-state index in [4.69, 9.17) is 25.6 Å². The standard InChI is InChI=1S/C60H76N8O8/c1-13-29-75-43-33-45(51(61-35-43)39(5)74-12)53-46-34-58(6,7)37-76-56(72)47-19-16-26-68(63-47)55(71)48(31-40-17-15-18-41(30-40)42-20-21-49(44(46)32-42)66(53)14-2)62-54(70)52(38(3)4)67-28-25-60(57(67)73)24-27-65(36-60)50(69)22-23-59(8,9)64(10)11/h1,15,17-18,20-21,30,32-33,35,38-39,47-48,52,63H,14,16,19,24-29,31,34,36-37H2,2-12H3,(H,62,70)/t39-,47-,48-,52-,60-/m0/s1. The molecule has 4 amide bonds. The van der Waals surface area contributed by atoms with Crippen molar-refractivity contribution in [3.8, 4) is 52.3 Å². The minimum absolute atomic E-state index is 0.0796. The molecule has 0 saturated carbocycles. The van der Waals surface area contributed by atoms with Crippen LogP contribution in [0, 0.1) is 40.9 Å². The number of nitrogens with zero attached hydrogens (tertiary/aromatic N) is 6. The molecule has 2 N–H and O–H groups in total. The molecule has 2 aromatic carbocycles. The summed E-state index contributed by atoms with van der Waals surface area (Å²) in [6.45, 7) is 18.0. The summed E-state index contributed by atoms with van der Waals surface area (Å²) in [5.41, 5.74) is 8.52. The van der Waals surface area contributed by atoms with E-state index in [1.165, 1.54) is 5.01 Å². The monoisotopic (exact) mass is 1040 g/mol. The molecule has 76 heavy (non-hydrogen) atoms. The van der Waals surface area contributed by atoms with E-state index in [1.807, 2.05) is 77.9 Å². The van der Waals surface area contributed by atoms with Gasteiger partial charge in [0, 0.05) is 68.1 Å². The lowest BCUT2D eigenvalue weighted by Crippen LogP contribution is -2.62. The highest BCUT2D eigenvalue weighted by Crippen LogP contribution is 2.44. The van der Waals surface area contributed by atoms with Gasteiger partial charge in [0.05, 0.1) is 41.2 Å². The number of benzene rings is 2. The first-order valence-electron chi connectivity index (χ1n) is 26.8. The summed E-state index contributed by atoms with van der Waals surface area (Å²) in [5, 5.41) is 5.59. The molecule has 6 bridgehead atoms. The van der Waals surface area contributed by atoms with Crippen molar-refractivity contribution in [3.05, 3.63) is 71.5 Å². The quantitative estimate of drug-likeness (QED) is 0.123. The lowest BCUT2D eigenvalue weighted by molar-refractivity contribution is -0.155. The second-order valence-electron chi connectivity index (χ2n) is 22.9. The van der Waals surface area contributed by atoms with Gasteiger partial charge in [-0.1, -0.05) is 69.9 Å². The lowest BCUT2D eigenvalue weighted by Gasteiger charge is -2.37. The maximum absolute atomic E-state index is 14.9. The van der Waals surface area contributed by atoms with E-state index in [2.05, 4.69) is 78.1 Å². The Morgan fingerprint density at radius 2 is 1.79 bits per heavy atom. The number of nitrogens with one attached hydrogen (secondary N) is 2. The first kappa shape index (κ1) is 55.5. The number of cyclic esters (lactones) is 1. The molecule has 8 rings (SSSR count). The number of hydrazine groups is 1. The zero-order valence-corrected chi connectivity index (χ0v) is 46.3. The van der Waals surface area contributed by atoms with Gasteiger partial charge in [-0.05, 0) is 126 Å². The van der Waals surface area contributed by atoms with E-state index in [0.717, 1.165) is 50.1 Å². The summed E-state index contributed by atoms with van der Waals surface area (Å²) in [6, 6.07) is 13.6. The van der Waals surface area contributed by atoms with Gasteiger partial charge in [0.25, 0.3) is 11.8 Å². The highest BCUT2D eigenvalue weighted by atomic mass is 16.5. The third-order valence-electron chi connectivity index (χ3n) is 16.0. The van der Waals surface area contributed by atoms with Crippen molar-refractivity contribution in [1.82, 2.24) is 40.0 Å². The fourth-order valence-electron chi connectivity index (χ4n) is 11.2. The van der Waals surface area contributed by atoms with Crippen LogP contribution in [0.25, 0.3) is 33.3 Å². The molecule has 4 aliphatic rings. The minimum Gasteiger partial charge on any atom is -0.479 e. The predicted octanol–water partition coefficient (Wildman–Crippen LogP) is 6.58. The van der Waals surface area contributed by atoms with Crippen LogP contribution in [0.5, 0.6) is 5.75 Å². The van der Waals surface area contributed by atoms with Crippen LogP contribution in [0.2, 0.25) is 0 Å². The van der Waals surface area contributed by atoms with Gasteiger partial charge in [-0.2, -0.15) is 0 Å². The van der Waals surface area contributed by atoms with E-state index in [0.29, 0.717) is 64.0 Å². The molecule has 3 saturated heterocycles. The van der Waals surface area contributed by atoms with Crippen LogP contribution in [-0.2, 0) is 52.8 Å². The molecule has 0 unspecified atom stereocenters. The molecular weight excluding hydrogens is 961 g/mol. The molecule has 4 aliphatic heterocycles. The summed E-state index contributed by atoms with van der Waals surface area (Å²) in [4.78, 5) is 82.1. The Bertz CT molecular complexity index is 3000. The topological polar surface area (TPSA) is 168 Å². The maximum Gasteiger partial charge on any atom is 0.324 e. The van der Waals surface area contributed by atoms with Gasteiger partial charge >= 0.3 is 5.97 Å². The molecule has 404 valence electrons. The number of esters is 1. The fourth-order valence-corrected chi connectivity index (χ4v) is 11.2. The number of aromatic nitrogens is 2. The molecular formula is C60H76N8O8. The third-order valence-corrected chi connectivity index (χ3v) is 16.0. The lowest BCUT2D eigenvalue weighted by atomic mass is 9.84. The maximum atomic E-state index is 14.9. The average molecular weight is 1040 g/mol. The summed E-state index contributed by atoms with van der Waals surface area (Å²) < 4.78 is 20.3. The average Bonchev–Trinajstić information content (AvgIpc) is 4.07.